The maximum Gasteiger partial charge on any atom is 0.352 e. The summed E-state index contributed by atoms with van der Waals surface area (Å²) in [6.07, 6.45) is 1.54. The Bertz CT molecular complexity index is 1170. The van der Waals surface area contributed by atoms with Crippen molar-refractivity contribution >= 4 is 39.5 Å². The van der Waals surface area contributed by atoms with Crippen LogP contribution in [-0.4, -0.2) is 17.0 Å². The molecule has 4 nitrogen and oxygen atoms in total. The second kappa shape index (κ2) is 7.37. The molecule has 0 unspecified atom stereocenters. The number of aliphatic carboxylic acids is 1. The fourth-order valence-corrected chi connectivity index (χ4v) is 3.28. The summed E-state index contributed by atoms with van der Waals surface area (Å²) in [5.41, 5.74) is 0.993. The van der Waals surface area contributed by atoms with Gasteiger partial charge in [-0.15, -0.1) is 0 Å². The minimum Gasteiger partial charge on any atom is -0.477 e. The molecule has 4 rings (SSSR count). The van der Waals surface area contributed by atoms with E-state index in [0.29, 0.717) is 5.56 Å². The standard InChI is InChI=1S/C24H17NO3/c26-23(16-8-2-1-3-9-16)25-22(24(27)28)15-21-19-12-6-4-10-17(19)14-18-11-5-7-13-20(18)21/h1-15H,(H,25,26)(H,27,28)/b22-15-. The number of carbonyl (C=O) groups is 2. The van der Waals surface area contributed by atoms with Crippen molar-refractivity contribution in [3.8, 4) is 0 Å². The summed E-state index contributed by atoms with van der Waals surface area (Å²) in [4.78, 5) is 24.3. The van der Waals surface area contributed by atoms with Crippen molar-refractivity contribution in [3.05, 3.63) is 102 Å². The molecule has 4 aromatic carbocycles. The van der Waals surface area contributed by atoms with Gasteiger partial charge in [-0.25, -0.2) is 4.79 Å². The van der Waals surface area contributed by atoms with Crippen molar-refractivity contribution in [3.63, 3.8) is 0 Å². The van der Waals surface area contributed by atoms with Crippen molar-refractivity contribution in [2.45, 2.75) is 0 Å². The maximum atomic E-state index is 12.5. The number of nitrogens with one attached hydrogen (secondary N) is 1. The number of hydrogen-bond donors (Lipinski definition) is 2. The molecule has 4 heteroatoms. The maximum absolute atomic E-state index is 12.5. The summed E-state index contributed by atoms with van der Waals surface area (Å²) in [7, 11) is 0. The molecule has 0 bridgehead atoms. The highest BCUT2D eigenvalue weighted by molar-refractivity contribution is 6.10. The highest BCUT2D eigenvalue weighted by Crippen LogP contribution is 2.30. The van der Waals surface area contributed by atoms with E-state index >= 15 is 0 Å². The zero-order valence-electron chi connectivity index (χ0n) is 14.9. The van der Waals surface area contributed by atoms with Crippen LogP contribution in [0.5, 0.6) is 0 Å². The first kappa shape index (κ1) is 17.5. The highest BCUT2D eigenvalue weighted by Gasteiger charge is 2.15. The van der Waals surface area contributed by atoms with Gasteiger partial charge < -0.3 is 10.4 Å². The summed E-state index contributed by atoms with van der Waals surface area (Å²) >= 11 is 0. The Morgan fingerprint density at radius 1 is 0.750 bits per heavy atom. The summed E-state index contributed by atoms with van der Waals surface area (Å²) in [6.45, 7) is 0. The highest BCUT2D eigenvalue weighted by atomic mass is 16.4. The second-order valence-electron chi connectivity index (χ2n) is 6.42. The lowest BCUT2D eigenvalue weighted by Gasteiger charge is -2.11. The average Bonchev–Trinajstić information content (AvgIpc) is 2.73. The summed E-state index contributed by atoms with van der Waals surface area (Å²) in [5, 5.41) is 16.1. The summed E-state index contributed by atoms with van der Waals surface area (Å²) in [5.74, 6) is -1.65. The molecule has 136 valence electrons. The number of carbonyl (C=O) groups excluding carboxylic acids is 1. The summed E-state index contributed by atoms with van der Waals surface area (Å²) < 4.78 is 0. The van der Waals surface area contributed by atoms with Crippen molar-refractivity contribution in [1.82, 2.24) is 5.32 Å². The van der Waals surface area contributed by atoms with E-state index in [0.717, 1.165) is 27.1 Å². The third-order valence-electron chi connectivity index (χ3n) is 4.62. The molecular weight excluding hydrogens is 350 g/mol. The van der Waals surface area contributed by atoms with Gasteiger partial charge in [0.2, 0.25) is 0 Å². The van der Waals surface area contributed by atoms with Crippen LogP contribution in [0.15, 0.2) is 90.6 Å². The topological polar surface area (TPSA) is 66.4 Å². The van der Waals surface area contributed by atoms with Gasteiger partial charge in [0.15, 0.2) is 0 Å². The van der Waals surface area contributed by atoms with Gasteiger partial charge >= 0.3 is 5.97 Å². The van der Waals surface area contributed by atoms with Crippen LogP contribution in [0.3, 0.4) is 0 Å². The van der Waals surface area contributed by atoms with E-state index in [1.54, 1.807) is 30.3 Å². The molecule has 0 aliphatic heterocycles. The molecule has 0 radical (unpaired) electrons. The Morgan fingerprint density at radius 2 is 1.29 bits per heavy atom. The van der Waals surface area contributed by atoms with Crippen LogP contribution in [0.2, 0.25) is 0 Å². The van der Waals surface area contributed by atoms with E-state index in [-0.39, 0.29) is 5.70 Å². The lowest BCUT2D eigenvalue weighted by atomic mass is 9.96. The first-order chi connectivity index (χ1) is 13.6. The number of fused-ring (bicyclic) bond motifs is 2. The van der Waals surface area contributed by atoms with Gasteiger partial charge in [0.25, 0.3) is 5.91 Å². The first-order valence-corrected chi connectivity index (χ1v) is 8.85. The van der Waals surface area contributed by atoms with Crippen LogP contribution in [0, 0.1) is 0 Å². The van der Waals surface area contributed by atoms with Gasteiger partial charge in [-0.1, -0.05) is 66.7 Å². The molecule has 0 aromatic heterocycles. The normalized spacial score (nSPS) is 11.5. The van der Waals surface area contributed by atoms with Crippen LogP contribution in [-0.2, 0) is 4.79 Å². The number of carboxylic acids is 1. The number of rotatable bonds is 4. The third kappa shape index (κ3) is 3.35. The molecule has 0 saturated heterocycles. The second-order valence-corrected chi connectivity index (χ2v) is 6.42. The number of hydrogen-bond acceptors (Lipinski definition) is 2. The monoisotopic (exact) mass is 367 g/mol. The van der Waals surface area contributed by atoms with Crippen LogP contribution in [0.4, 0.5) is 0 Å². The van der Waals surface area contributed by atoms with Crippen LogP contribution in [0.25, 0.3) is 27.6 Å². The zero-order valence-corrected chi connectivity index (χ0v) is 14.9. The molecule has 0 aliphatic carbocycles. The van der Waals surface area contributed by atoms with E-state index < -0.39 is 11.9 Å². The Hall–Kier alpha value is -3.92. The molecule has 2 N–H and O–H groups in total. The molecular formula is C24H17NO3. The van der Waals surface area contributed by atoms with Gasteiger partial charge in [-0.05, 0) is 51.4 Å². The summed E-state index contributed by atoms with van der Waals surface area (Å²) in [6, 6.07) is 26.2. The Morgan fingerprint density at radius 3 is 1.86 bits per heavy atom. The molecule has 28 heavy (non-hydrogen) atoms. The smallest absolute Gasteiger partial charge is 0.352 e. The Balaban J connectivity index is 1.87. The quantitative estimate of drug-likeness (QED) is 0.400. The molecule has 0 heterocycles. The van der Waals surface area contributed by atoms with E-state index in [2.05, 4.69) is 11.4 Å². The van der Waals surface area contributed by atoms with Crippen molar-refractivity contribution in [1.29, 1.82) is 0 Å². The number of amides is 1. The SMILES string of the molecule is O=C(O)/C(=C/c1c2ccccc2cc2ccccc12)NC(=O)c1ccccc1. The fraction of sp³-hybridized carbons (Fsp3) is 0. The molecule has 1 amide bonds. The Labute approximate surface area is 161 Å². The van der Waals surface area contributed by atoms with Crippen molar-refractivity contribution in [2.75, 3.05) is 0 Å². The largest absolute Gasteiger partial charge is 0.477 e. The lowest BCUT2D eigenvalue weighted by molar-refractivity contribution is -0.132. The van der Waals surface area contributed by atoms with Gasteiger partial charge in [0, 0.05) is 5.56 Å². The van der Waals surface area contributed by atoms with E-state index in [1.165, 1.54) is 6.08 Å². The molecule has 0 saturated carbocycles. The lowest BCUT2D eigenvalue weighted by Crippen LogP contribution is -2.27. The van der Waals surface area contributed by atoms with E-state index in [1.807, 2.05) is 48.5 Å². The predicted molar refractivity (Wildman–Crippen MR) is 111 cm³/mol. The minimum absolute atomic E-state index is 0.171. The van der Waals surface area contributed by atoms with E-state index in [9.17, 15) is 14.7 Å². The zero-order chi connectivity index (χ0) is 19.5. The van der Waals surface area contributed by atoms with Crippen molar-refractivity contribution in [2.24, 2.45) is 0 Å². The molecule has 0 spiro atoms. The molecule has 4 aromatic rings. The Kier molecular flexibility index (Phi) is 4.60. The van der Waals surface area contributed by atoms with E-state index in [4.69, 9.17) is 0 Å². The van der Waals surface area contributed by atoms with Crippen LogP contribution in [0.1, 0.15) is 15.9 Å². The predicted octanol–water partition coefficient (Wildman–Crippen LogP) is 4.85. The third-order valence-corrected chi connectivity index (χ3v) is 4.62. The fourth-order valence-electron chi connectivity index (χ4n) is 3.28. The number of benzene rings is 4. The van der Waals surface area contributed by atoms with Crippen LogP contribution >= 0.6 is 0 Å². The van der Waals surface area contributed by atoms with Gasteiger partial charge in [0.05, 0.1) is 0 Å². The molecule has 0 atom stereocenters. The van der Waals surface area contributed by atoms with Gasteiger partial charge in [-0.3, -0.25) is 4.79 Å². The average molecular weight is 367 g/mol. The molecule has 0 aliphatic rings. The first-order valence-electron chi connectivity index (χ1n) is 8.85. The minimum atomic E-state index is -1.19. The van der Waals surface area contributed by atoms with Crippen molar-refractivity contribution < 1.29 is 14.7 Å². The van der Waals surface area contributed by atoms with Gasteiger partial charge in [0.1, 0.15) is 5.70 Å². The number of carboxylic acid groups (broad SMARTS) is 1. The molecule has 0 fully saturated rings. The van der Waals surface area contributed by atoms with Gasteiger partial charge in [-0.2, -0.15) is 0 Å². The van der Waals surface area contributed by atoms with Crippen LogP contribution < -0.4 is 5.32 Å².